The molecule has 0 unspecified atom stereocenters. The number of rotatable bonds is 5. The number of nitrogens with one attached hydrogen (secondary N) is 1. The number of hydrogen-bond acceptors (Lipinski definition) is 4. The predicted molar refractivity (Wildman–Crippen MR) is 76.8 cm³/mol. The van der Waals surface area contributed by atoms with Gasteiger partial charge in [0.05, 0.1) is 7.11 Å². The van der Waals surface area contributed by atoms with Crippen LogP contribution in [0.5, 0.6) is 11.5 Å². The minimum Gasteiger partial charge on any atom is -0.508 e. The first kappa shape index (κ1) is 14.2. The normalized spacial score (nSPS) is 18.2. The molecule has 2 N–H and O–H groups in total. The highest BCUT2D eigenvalue weighted by Crippen LogP contribution is 2.35. The molecule has 1 saturated heterocycles. The lowest BCUT2D eigenvalue weighted by Gasteiger charge is -2.35. The molecule has 0 spiro atoms. The van der Waals surface area contributed by atoms with Crippen molar-refractivity contribution < 1.29 is 9.84 Å². The monoisotopic (exact) mass is 264 g/mol. The van der Waals surface area contributed by atoms with Crippen LogP contribution in [0, 0.1) is 0 Å². The van der Waals surface area contributed by atoms with Crippen molar-refractivity contribution in [2.45, 2.75) is 25.8 Å². The molecule has 0 aliphatic carbocycles. The molecule has 1 atom stereocenters. The zero-order chi connectivity index (χ0) is 13.7. The smallest absolute Gasteiger partial charge is 0.127 e. The van der Waals surface area contributed by atoms with Crippen LogP contribution in [-0.4, -0.2) is 43.3 Å². The number of hydrogen-bond donors (Lipinski definition) is 2. The Kier molecular flexibility index (Phi) is 5.05. The van der Waals surface area contributed by atoms with E-state index in [9.17, 15) is 5.11 Å². The van der Waals surface area contributed by atoms with Crippen LogP contribution in [0.15, 0.2) is 18.2 Å². The molecule has 1 heterocycles. The van der Waals surface area contributed by atoms with E-state index in [2.05, 4.69) is 17.1 Å². The first-order valence-corrected chi connectivity index (χ1v) is 7.08. The number of phenols is 1. The fourth-order valence-corrected chi connectivity index (χ4v) is 2.78. The van der Waals surface area contributed by atoms with Crippen LogP contribution >= 0.6 is 0 Å². The second kappa shape index (κ2) is 6.78. The molecule has 4 heteroatoms. The van der Waals surface area contributed by atoms with E-state index >= 15 is 0 Å². The van der Waals surface area contributed by atoms with Crippen molar-refractivity contribution in [3.63, 3.8) is 0 Å². The lowest BCUT2D eigenvalue weighted by Crippen LogP contribution is -2.45. The van der Waals surface area contributed by atoms with Crippen LogP contribution in [0.1, 0.15) is 31.4 Å². The Morgan fingerprint density at radius 3 is 2.74 bits per heavy atom. The molecule has 0 saturated carbocycles. The summed E-state index contributed by atoms with van der Waals surface area (Å²) in [7, 11) is 1.67. The Bertz CT molecular complexity index is 403. The van der Waals surface area contributed by atoms with Gasteiger partial charge in [0, 0.05) is 43.9 Å². The first-order valence-electron chi connectivity index (χ1n) is 7.08. The van der Waals surface area contributed by atoms with Crippen LogP contribution < -0.4 is 10.1 Å². The summed E-state index contributed by atoms with van der Waals surface area (Å²) < 4.78 is 5.44. The molecule has 0 aromatic heterocycles. The SMILES string of the molecule is CCC[C@@H](c1ccc(O)cc1OC)N1CCNCC1. The Morgan fingerprint density at radius 1 is 1.37 bits per heavy atom. The predicted octanol–water partition coefficient (Wildman–Crippen LogP) is 2.15. The van der Waals surface area contributed by atoms with Gasteiger partial charge in [-0.1, -0.05) is 19.4 Å². The summed E-state index contributed by atoms with van der Waals surface area (Å²) in [6.07, 6.45) is 2.25. The largest absolute Gasteiger partial charge is 0.508 e. The molecule has 0 bridgehead atoms. The number of nitrogens with zero attached hydrogens (tertiary/aromatic N) is 1. The standard InChI is InChI=1S/C15H24N2O2/c1-3-4-14(17-9-7-16-8-10-17)13-6-5-12(18)11-15(13)19-2/h5-6,11,14,16,18H,3-4,7-10H2,1-2H3/t14-/m0/s1. The van der Waals surface area contributed by atoms with Crippen molar-refractivity contribution in [2.24, 2.45) is 0 Å². The van der Waals surface area contributed by atoms with E-state index in [-0.39, 0.29) is 5.75 Å². The Morgan fingerprint density at radius 2 is 2.11 bits per heavy atom. The van der Waals surface area contributed by atoms with Crippen LogP contribution in [-0.2, 0) is 0 Å². The Hall–Kier alpha value is -1.26. The molecule has 0 amide bonds. The molecule has 19 heavy (non-hydrogen) atoms. The number of methoxy groups -OCH3 is 1. The van der Waals surface area contributed by atoms with E-state index in [4.69, 9.17) is 4.74 Å². The molecular weight excluding hydrogens is 240 g/mol. The summed E-state index contributed by atoms with van der Waals surface area (Å²) in [5.74, 6) is 1.05. The Balaban J connectivity index is 2.26. The first-order chi connectivity index (χ1) is 9.26. The third-order valence-electron chi connectivity index (χ3n) is 3.73. The lowest BCUT2D eigenvalue weighted by molar-refractivity contribution is 0.162. The number of aromatic hydroxyl groups is 1. The van der Waals surface area contributed by atoms with E-state index < -0.39 is 0 Å². The maximum Gasteiger partial charge on any atom is 0.127 e. The van der Waals surface area contributed by atoms with E-state index in [0.29, 0.717) is 6.04 Å². The van der Waals surface area contributed by atoms with Crippen molar-refractivity contribution >= 4 is 0 Å². The average molecular weight is 264 g/mol. The van der Waals surface area contributed by atoms with Gasteiger partial charge in [-0.2, -0.15) is 0 Å². The molecule has 2 rings (SSSR count). The van der Waals surface area contributed by atoms with Crippen molar-refractivity contribution in [1.82, 2.24) is 10.2 Å². The van der Waals surface area contributed by atoms with Crippen molar-refractivity contribution in [3.8, 4) is 11.5 Å². The molecule has 1 aliphatic heterocycles. The number of piperazine rings is 1. The summed E-state index contributed by atoms with van der Waals surface area (Å²) in [6, 6.07) is 5.84. The number of phenolic OH excluding ortho intramolecular Hbond substituents is 1. The van der Waals surface area contributed by atoms with Crippen molar-refractivity contribution in [1.29, 1.82) is 0 Å². The average Bonchev–Trinajstić information content (AvgIpc) is 2.46. The molecular formula is C15H24N2O2. The Labute approximate surface area is 115 Å². The van der Waals surface area contributed by atoms with Gasteiger partial charge in [-0.05, 0) is 12.5 Å². The van der Waals surface area contributed by atoms with E-state index in [1.54, 1.807) is 19.2 Å². The number of ether oxygens (including phenoxy) is 1. The number of benzene rings is 1. The van der Waals surface area contributed by atoms with Gasteiger partial charge in [0.25, 0.3) is 0 Å². The van der Waals surface area contributed by atoms with Crippen molar-refractivity contribution in [3.05, 3.63) is 23.8 Å². The van der Waals surface area contributed by atoms with Gasteiger partial charge in [0.15, 0.2) is 0 Å². The van der Waals surface area contributed by atoms with Gasteiger partial charge in [-0.25, -0.2) is 0 Å². The molecule has 1 aromatic carbocycles. The summed E-state index contributed by atoms with van der Waals surface area (Å²) >= 11 is 0. The summed E-state index contributed by atoms with van der Waals surface area (Å²) in [5.41, 5.74) is 1.18. The highest BCUT2D eigenvalue weighted by Gasteiger charge is 2.24. The van der Waals surface area contributed by atoms with Crippen LogP contribution in [0.3, 0.4) is 0 Å². The van der Waals surface area contributed by atoms with E-state index in [1.807, 2.05) is 6.07 Å². The highest BCUT2D eigenvalue weighted by atomic mass is 16.5. The van der Waals surface area contributed by atoms with Crippen LogP contribution in [0.4, 0.5) is 0 Å². The topological polar surface area (TPSA) is 44.7 Å². The molecule has 1 fully saturated rings. The fourth-order valence-electron chi connectivity index (χ4n) is 2.78. The highest BCUT2D eigenvalue weighted by molar-refractivity contribution is 5.42. The van der Waals surface area contributed by atoms with Gasteiger partial charge in [-0.15, -0.1) is 0 Å². The molecule has 0 radical (unpaired) electrons. The second-order valence-corrected chi connectivity index (χ2v) is 5.02. The van der Waals surface area contributed by atoms with Gasteiger partial charge in [0.1, 0.15) is 11.5 Å². The maximum atomic E-state index is 9.59. The maximum absolute atomic E-state index is 9.59. The van der Waals surface area contributed by atoms with Crippen LogP contribution in [0.2, 0.25) is 0 Å². The molecule has 1 aromatic rings. The molecule has 106 valence electrons. The second-order valence-electron chi connectivity index (χ2n) is 5.02. The fraction of sp³-hybridized carbons (Fsp3) is 0.600. The van der Waals surface area contributed by atoms with E-state index in [1.165, 1.54) is 5.56 Å². The summed E-state index contributed by atoms with van der Waals surface area (Å²) in [4.78, 5) is 2.51. The zero-order valence-electron chi connectivity index (χ0n) is 11.9. The minimum atomic E-state index is 0.260. The van der Waals surface area contributed by atoms with Gasteiger partial charge in [0.2, 0.25) is 0 Å². The molecule has 4 nitrogen and oxygen atoms in total. The van der Waals surface area contributed by atoms with Crippen LogP contribution in [0.25, 0.3) is 0 Å². The quantitative estimate of drug-likeness (QED) is 0.855. The third-order valence-corrected chi connectivity index (χ3v) is 3.73. The van der Waals surface area contributed by atoms with Crippen molar-refractivity contribution in [2.75, 3.05) is 33.3 Å². The molecule has 1 aliphatic rings. The van der Waals surface area contributed by atoms with Gasteiger partial charge in [-0.3, -0.25) is 4.90 Å². The zero-order valence-corrected chi connectivity index (χ0v) is 11.9. The summed E-state index contributed by atoms with van der Waals surface area (Å²) in [6.45, 7) is 6.42. The minimum absolute atomic E-state index is 0.260. The third kappa shape index (κ3) is 3.39. The van der Waals surface area contributed by atoms with Gasteiger partial charge >= 0.3 is 0 Å². The van der Waals surface area contributed by atoms with E-state index in [0.717, 1.165) is 44.8 Å². The lowest BCUT2D eigenvalue weighted by atomic mass is 9.98. The van der Waals surface area contributed by atoms with Gasteiger partial charge < -0.3 is 15.2 Å². The summed E-state index contributed by atoms with van der Waals surface area (Å²) in [5, 5.41) is 13.0.